The molecule has 7 aromatic rings. The van der Waals surface area contributed by atoms with Gasteiger partial charge in [0.25, 0.3) is 6.71 Å². The van der Waals surface area contributed by atoms with Crippen LogP contribution >= 0.6 is 0 Å². The van der Waals surface area contributed by atoms with Crippen LogP contribution in [-0.2, 0) is 32.5 Å². The van der Waals surface area contributed by atoms with E-state index < -0.39 is 0 Å². The minimum absolute atomic E-state index is 0.00134. The predicted molar refractivity (Wildman–Crippen MR) is 301 cm³/mol. The highest BCUT2D eigenvalue weighted by atomic mass is 15.3. The molecule has 0 saturated carbocycles. The second-order valence-electron chi connectivity index (χ2n) is 26.0. The molecule has 5 nitrogen and oxygen atoms in total. The lowest BCUT2D eigenvalue weighted by Crippen LogP contribution is -2.62. The summed E-state index contributed by atoms with van der Waals surface area (Å²) in [6.45, 7) is 37.2. The molecule has 1 aromatic heterocycles. The molecule has 0 saturated heterocycles. The van der Waals surface area contributed by atoms with Crippen molar-refractivity contribution >= 4 is 74.8 Å². The molecule has 1 aliphatic carbocycles. The van der Waals surface area contributed by atoms with Crippen LogP contribution in [0, 0.1) is 0 Å². The fourth-order valence-electron chi connectivity index (χ4n) is 11.2. The first kappa shape index (κ1) is 47.5. The van der Waals surface area contributed by atoms with Crippen molar-refractivity contribution in [1.29, 1.82) is 0 Å². The molecule has 10 rings (SSSR count). The Bertz CT molecular complexity index is 2990. The van der Waals surface area contributed by atoms with Crippen LogP contribution in [-0.4, -0.2) is 16.7 Å². The van der Waals surface area contributed by atoms with Crippen molar-refractivity contribution in [2.75, 3.05) is 14.7 Å². The van der Waals surface area contributed by atoms with Gasteiger partial charge in [0.2, 0.25) is 5.95 Å². The molecule has 0 unspecified atom stereocenters. The van der Waals surface area contributed by atoms with Crippen molar-refractivity contribution < 1.29 is 0 Å². The summed E-state index contributed by atoms with van der Waals surface area (Å²) in [5.74, 6) is 2.42. The van der Waals surface area contributed by atoms with E-state index in [2.05, 4.69) is 259 Å². The van der Waals surface area contributed by atoms with Gasteiger partial charge in [0.05, 0.1) is 0 Å². The van der Waals surface area contributed by atoms with Gasteiger partial charge in [-0.2, -0.15) is 9.97 Å². The average Bonchev–Trinajstić information content (AvgIpc) is 3.29. The molecule has 0 radical (unpaired) electrons. The summed E-state index contributed by atoms with van der Waals surface area (Å²) in [6.07, 6.45) is 2.28. The number of anilines is 9. The first-order valence-corrected chi connectivity index (χ1v) is 25.7. The van der Waals surface area contributed by atoms with Crippen LogP contribution in [0.2, 0.25) is 0 Å². The zero-order valence-corrected chi connectivity index (χ0v) is 44.9. The Hall–Kier alpha value is -6.14. The Balaban J connectivity index is 1.34. The van der Waals surface area contributed by atoms with E-state index in [9.17, 15) is 0 Å². The van der Waals surface area contributed by atoms with Gasteiger partial charge in [-0.1, -0.05) is 184 Å². The van der Waals surface area contributed by atoms with Gasteiger partial charge in [-0.15, -0.1) is 0 Å². The Labute approximate surface area is 420 Å². The minimum Gasteiger partial charge on any atom is -0.296 e. The Morgan fingerprint density at radius 2 is 0.857 bits per heavy atom. The summed E-state index contributed by atoms with van der Waals surface area (Å²) in [7, 11) is 0. The summed E-state index contributed by atoms with van der Waals surface area (Å²) in [5.41, 5.74) is 18.1. The highest BCUT2D eigenvalue weighted by Crippen LogP contribution is 2.50. The van der Waals surface area contributed by atoms with Gasteiger partial charge in [0.1, 0.15) is 11.6 Å². The van der Waals surface area contributed by atoms with Gasteiger partial charge in [-0.25, -0.2) is 0 Å². The molecule has 358 valence electrons. The lowest BCUT2D eigenvalue weighted by Gasteiger charge is -2.44. The summed E-state index contributed by atoms with van der Waals surface area (Å²) in [5, 5.41) is 0. The van der Waals surface area contributed by atoms with Crippen molar-refractivity contribution in [3.8, 4) is 0 Å². The van der Waals surface area contributed by atoms with E-state index in [1.54, 1.807) is 0 Å². The molecule has 3 heterocycles. The van der Waals surface area contributed by atoms with Crippen molar-refractivity contribution in [3.05, 3.63) is 167 Å². The Kier molecular flexibility index (Phi) is 11.0. The molecule has 0 fully saturated rings. The predicted octanol–water partition coefficient (Wildman–Crippen LogP) is 15.6. The minimum atomic E-state index is -0.138. The van der Waals surface area contributed by atoms with Gasteiger partial charge in [0.15, 0.2) is 0 Å². The van der Waals surface area contributed by atoms with Crippen molar-refractivity contribution in [3.63, 3.8) is 0 Å². The number of nitrogens with zero attached hydrogens (tertiary/aromatic N) is 5. The maximum Gasteiger partial charge on any atom is 0.256 e. The molecule has 6 heteroatoms. The van der Waals surface area contributed by atoms with E-state index in [1.165, 1.54) is 44.3 Å². The topological polar surface area (TPSA) is 35.5 Å². The van der Waals surface area contributed by atoms with E-state index in [1.807, 2.05) is 0 Å². The molecule has 0 spiro atoms. The van der Waals surface area contributed by atoms with Crippen molar-refractivity contribution in [2.24, 2.45) is 0 Å². The van der Waals surface area contributed by atoms with Crippen LogP contribution < -0.4 is 31.1 Å². The number of para-hydroxylation sites is 1. The normalized spacial score (nSPS) is 16.0. The summed E-state index contributed by atoms with van der Waals surface area (Å²) < 4.78 is 0. The monoisotopic (exact) mass is 924 g/mol. The van der Waals surface area contributed by atoms with E-state index in [0.29, 0.717) is 5.95 Å². The molecule has 0 amide bonds. The molecule has 0 N–H and O–H groups in total. The van der Waals surface area contributed by atoms with Crippen LogP contribution in [0.15, 0.2) is 133 Å². The third-order valence-electron chi connectivity index (χ3n) is 15.8. The molecule has 2 aliphatic heterocycles. The van der Waals surface area contributed by atoms with E-state index >= 15 is 0 Å². The first-order chi connectivity index (χ1) is 32.7. The third-order valence-corrected chi connectivity index (χ3v) is 15.8. The van der Waals surface area contributed by atoms with Gasteiger partial charge < -0.3 is 0 Å². The second kappa shape index (κ2) is 16.2. The van der Waals surface area contributed by atoms with Crippen LogP contribution in [0.1, 0.15) is 157 Å². The molecule has 3 aliphatic rings. The van der Waals surface area contributed by atoms with Crippen molar-refractivity contribution in [2.45, 2.75) is 156 Å². The zero-order chi connectivity index (χ0) is 50.1. The fourth-order valence-corrected chi connectivity index (χ4v) is 11.2. The standard InChI is InChI=1S/C64H74BN5/c1-59(2,3)41-22-28-46(29-23-41)69-53-34-26-43(61(7,8)9)38-51(53)65-52-39-44(62(10,11)12)27-35-54(52)70(47-30-24-42(25-31-47)60(4,5)6)57-55(65)56(69)66-58(67-57)68(45-20-18-17-19-21-45)48-32-33-49-50(40-48)64(15,16)37-36-63(49,13)14/h17-35,38-40H,36-37H2,1-16H3. The van der Waals surface area contributed by atoms with Crippen LogP contribution in [0.3, 0.4) is 0 Å². The lowest BCUT2D eigenvalue weighted by molar-refractivity contribution is 0.332. The second-order valence-corrected chi connectivity index (χ2v) is 26.0. The summed E-state index contributed by atoms with van der Waals surface area (Å²) in [6, 6.07) is 50.7. The van der Waals surface area contributed by atoms with Crippen LogP contribution in [0.25, 0.3) is 0 Å². The van der Waals surface area contributed by atoms with Gasteiger partial charge >= 0.3 is 0 Å². The van der Waals surface area contributed by atoms with Gasteiger partial charge in [0, 0.05) is 39.6 Å². The van der Waals surface area contributed by atoms with E-state index in [0.717, 1.165) is 64.1 Å². The first-order valence-electron chi connectivity index (χ1n) is 25.7. The maximum atomic E-state index is 5.97. The van der Waals surface area contributed by atoms with Crippen LogP contribution in [0.5, 0.6) is 0 Å². The maximum absolute atomic E-state index is 5.97. The highest BCUT2D eigenvalue weighted by molar-refractivity contribution is 7.00. The number of hydrogen-bond donors (Lipinski definition) is 0. The fraction of sp³-hybridized carbons (Fsp3) is 0.375. The summed E-state index contributed by atoms with van der Waals surface area (Å²) in [4.78, 5) is 19.1. The number of aromatic nitrogens is 2. The van der Waals surface area contributed by atoms with E-state index in [4.69, 9.17) is 9.97 Å². The number of benzene rings is 6. The molecule has 70 heavy (non-hydrogen) atoms. The van der Waals surface area contributed by atoms with Crippen LogP contribution in [0.4, 0.5) is 51.7 Å². The molecule has 0 atom stereocenters. The molecular weight excluding hydrogens is 850 g/mol. The number of hydrogen-bond acceptors (Lipinski definition) is 5. The summed E-state index contributed by atoms with van der Waals surface area (Å²) >= 11 is 0. The smallest absolute Gasteiger partial charge is 0.256 e. The number of rotatable bonds is 5. The quantitative estimate of drug-likeness (QED) is 0.161. The van der Waals surface area contributed by atoms with Gasteiger partial charge in [-0.3, -0.25) is 14.7 Å². The Morgan fingerprint density at radius 1 is 0.443 bits per heavy atom. The van der Waals surface area contributed by atoms with Gasteiger partial charge in [-0.05, 0) is 150 Å². The SMILES string of the molecule is CC(C)(C)c1ccc(N2c3ccc(C(C)(C)C)cc3B3c4cc(C(C)(C)C)ccc4N(c4ccc(C(C)(C)C)cc4)c4nc(N(c5ccccc5)c5ccc6c(c5)C(C)(C)CCC6(C)C)nc2c43)cc1. The Morgan fingerprint density at radius 3 is 1.29 bits per heavy atom. The molecular formula is C64H74BN5. The van der Waals surface area contributed by atoms with E-state index in [-0.39, 0.29) is 39.2 Å². The zero-order valence-electron chi connectivity index (χ0n) is 44.9. The largest absolute Gasteiger partial charge is 0.296 e. The lowest BCUT2D eigenvalue weighted by atomic mass is 9.33. The third kappa shape index (κ3) is 8.13. The highest BCUT2D eigenvalue weighted by Gasteiger charge is 2.47. The molecule has 6 aromatic carbocycles. The number of fused-ring (bicyclic) bond motifs is 5. The molecule has 0 bridgehead atoms. The van der Waals surface area contributed by atoms with Crippen molar-refractivity contribution in [1.82, 2.24) is 9.97 Å². The average molecular weight is 924 g/mol.